The number of likely N-dealkylation sites (N-methyl/N-ethyl adjacent to an activating group) is 1. The van der Waals surface area contributed by atoms with E-state index in [9.17, 15) is 4.79 Å². The van der Waals surface area contributed by atoms with E-state index in [0.29, 0.717) is 19.6 Å². The second-order valence-electron chi connectivity index (χ2n) is 4.84. The van der Waals surface area contributed by atoms with Crippen molar-refractivity contribution in [3.8, 4) is 0 Å². The summed E-state index contributed by atoms with van der Waals surface area (Å²) in [7, 11) is 5.86. The van der Waals surface area contributed by atoms with Gasteiger partial charge in [0.25, 0.3) is 0 Å². The molecule has 1 unspecified atom stereocenters. The predicted octanol–water partition coefficient (Wildman–Crippen LogP) is -0.486. The number of carbonyl (C=O) groups is 1. The molecule has 2 N–H and O–H groups in total. The van der Waals surface area contributed by atoms with Crippen molar-refractivity contribution in [3.05, 3.63) is 0 Å². The van der Waals surface area contributed by atoms with E-state index in [-0.39, 0.29) is 5.91 Å². The number of nitrogens with zero attached hydrogens (tertiary/aromatic N) is 2. The van der Waals surface area contributed by atoms with E-state index >= 15 is 0 Å². The van der Waals surface area contributed by atoms with Gasteiger partial charge in [-0.25, -0.2) is 0 Å². The van der Waals surface area contributed by atoms with Crippen molar-refractivity contribution in [2.24, 2.45) is 5.73 Å². The van der Waals surface area contributed by atoms with Gasteiger partial charge in [0.1, 0.15) is 5.54 Å². The molecule has 0 aromatic heterocycles. The molecule has 0 spiro atoms. The zero-order chi connectivity index (χ0) is 12.2. The summed E-state index contributed by atoms with van der Waals surface area (Å²) >= 11 is 0. The number of hydrogen-bond donors (Lipinski definition) is 1. The van der Waals surface area contributed by atoms with Crippen LogP contribution in [-0.2, 0) is 9.53 Å². The fraction of sp³-hybridized carbons (Fsp3) is 0.909. The first-order valence-corrected chi connectivity index (χ1v) is 5.72. The van der Waals surface area contributed by atoms with Crippen LogP contribution in [0, 0.1) is 0 Å². The lowest BCUT2D eigenvalue weighted by Gasteiger charge is -2.27. The molecule has 1 heterocycles. The van der Waals surface area contributed by atoms with Crippen molar-refractivity contribution in [1.29, 1.82) is 0 Å². The van der Waals surface area contributed by atoms with Crippen molar-refractivity contribution >= 4 is 5.91 Å². The Bertz CT molecular complexity index is 237. The number of nitrogens with two attached hydrogens (primary N) is 1. The van der Waals surface area contributed by atoms with Crippen LogP contribution in [0.5, 0.6) is 0 Å². The number of hydrogen-bond acceptors (Lipinski definition) is 4. The maximum absolute atomic E-state index is 12.1. The fourth-order valence-electron chi connectivity index (χ4n) is 1.86. The third-order valence-electron chi connectivity index (χ3n) is 2.92. The second kappa shape index (κ2) is 5.61. The minimum absolute atomic E-state index is 0.00348. The minimum atomic E-state index is -0.785. The summed E-state index contributed by atoms with van der Waals surface area (Å²) in [6.07, 6.45) is 1.59. The van der Waals surface area contributed by atoms with Crippen molar-refractivity contribution < 1.29 is 9.53 Å². The van der Waals surface area contributed by atoms with Crippen LogP contribution in [-0.4, -0.2) is 68.7 Å². The highest BCUT2D eigenvalue weighted by atomic mass is 16.5. The van der Waals surface area contributed by atoms with Gasteiger partial charge in [-0.05, 0) is 33.5 Å². The summed E-state index contributed by atoms with van der Waals surface area (Å²) in [4.78, 5) is 15.9. The van der Waals surface area contributed by atoms with Crippen LogP contribution in [0.4, 0.5) is 0 Å². The largest absolute Gasteiger partial charge is 0.379 e. The summed E-state index contributed by atoms with van der Waals surface area (Å²) in [5.41, 5.74) is 5.22. The molecule has 1 fully saturated rings. The van der Waals surface area contributed by atoms with Crippen LogP contribution >= 0.6 is 0 Å². The van der Waals surface area contributed by atoms with Gasteiger partial charge < -0.3 is 20.3 Å². The Morgan fingerprint density at radius 2 is 2.06 bits per heavy atom. The number of ether oxygens (including phenoxy) is 1. The van der Waals surface area contributed by atoms with Gasteiger partial charge in [0.2, 0.25) is 5.91 Å². The lowest BCUT2D eigenvalue weighted by molar-refractivity contribution is -0.135. The smallest absolute Gasteiger partial charge is 0.244 e. The van der Waals surface area contributed by atoms with E-state index in [1.54, 1.807) is 4.90 Å². The fourth-order valence-corrected chi connectivity index (χ4v) is 1.86. The minimum Gasteiger partial charge on any atom is -0.379 e. The molecule has 16 heavy (non-hydrogen) atoms. The molecule has 94 valence electrons. The normalized spacial score (nSPS) is 25.1. The van der Waals surface area contributed by atoms with Gasteiger partial charge in [-0.15, -0.1) is 0 Å². The van der Waals surface area contributed by atoms with Gasteiger partial charge in [-0.2, -0.15) is 0 Å². The summed E-state index contributed by atoms with van der Waals surface area (Å²) in [6.45, 7) is 2.67. The maximum Gasteiger partial charge on any atom is 0.244 e. The molecule has 0 aromatic carbocycles. The molecule has 1 aliphatic heterocycles. The van der Waals surface area contributed by atoms with Crippen LogP contribution in [0.3, 0.4) is 0 Å². The first-order chi connectivity index (χ1) is 7.46. The van der Waals surface area contributed by atoms with E-state index in [1.807, 2.05) is 21.1 Å². The van der Waals surface area contributed by atoms with Crippen molar-refractivity contribution in [1.82, 2.24) is 9.80 Å². The average Bonchev–Trinajstić information content (AvgIpc) is 2.64. The Labute approximate surface area is 97.5 Å². The predicted molar refractivity (Wildman–Crippen MR) is 63.2 cm³/mol. The summed E-state index contributed by atoms with van der Waals surface area (Å²) < 4.78 is 5.19. The summed E-state index contributed by atoms with van der Waals surface area (Å²) in [5, 5.41) is 0. The number of amides is 1. The number of carbonyl (C=O) groups excluding carboxylic acids is 1. The van der Waals surface area contributed by atoms with Gasteiger partial charge in [0, 0.05) is 20.2 Å². The molecule has 0 bridgehead atoms. The van der Waals surface area contributed by atoms with E-state index in [4.69, 9.17) is 10.5 Å². The monoisotopic (exact) mass is 229 g/mol. The third kappa shape index (κ3) is 3.43. The second-order valence-corrected chi connectivity index (χ2v) is 4.84. The Hall–Kier alpha value is -0.650. The molecule has 5 heteroatoms. The maximum atomic E-state index is 12.1. The van der Waals surface area contributed by atoms with E-state index < -0.39 is 5.54 Å². The zero-order valence-corrected chi connectivity index (χ0v) is 10.5. The molecule has 0 aromatic rings. The van der Waals surface area contributed by atoms with Crippen LogP contribution in [0.1, 0.15) is 12.8 Å². The van der Waals surface area contributed by atoms with Gasteiger partial charge in [-0.3, -0.25) is 4.79 Å². The van der Waals surface area contributed by atoms with E-state index in [0.717, 1.165) is 19.5 Å². The third-order valence-corrected chi connectivity index (χ3v) is 2.92. The Morgan fingerprint density at radius 3 is 2.56 bits per heavy atom. The Kier molecular flexibility index (Phi) is 4.70. The topological polar surface area (TPSA) is 58.8 Å². The SMILES string of the molecule is CN(C)CCCN(C)C(=O)C1(N)CCOC1. The molecule has 5 nitrogen and oxygen atoms in total. The van der Waals surface area contributed by atoms with Crippen molar-refractivity contribution in [3.63, 3.8) is 0 Å². The van der Waals surface area contributed by atoms with Crippen molar-refractivity contribution in [2.45, 2.75) is 18.4 Å². The van der Waals surface area contributed by atoms with Crippen LogP contribution in [0.15, 0.2) is 0 Å². The van der Waals surface area contributed by atoms with Crippen molar-refractivity contribution in [2.75, 3.05) is 47.4 Å². The highest BCUT2D eigenvalue weighted by Crippen LogP contribution is 2.17. The Morgan fingerprint density at radius 1 is 1.38 bits per heavy atom. The van der Waals surface area contributed by atoms with Crippen LogP contribution < -0.4 is 5.73 Å². The zero-order valence-electron chi connectivity index (χ0n) is 10.5. The first-order valence-electron chi connectivity index (χ1n) is 5.72. The molecule has 1 rings (SSSR count). The molecular weight excluding hydrogens is 206 g/mol. The van der Waals surface area contributed by atoms with E-state index in [1.165, 1.54) is 0 Å². The molecule has 1 atom stereocenters. The van der Waals surface area contributed by atoms with E-state index in [2.05, 4.69) is 4.90 Å². The van der Waals surface area contributed by atoms with Crippen LogP contribution in [0.2, 0.25) is 0 Å². The molecule has 1 saturated heterocycles. The molecule has 1 amide bonds. The van der Waals surface area contributed by atoms with Crippen LogP contribution in [0.25, 0.3) is 0 Å². The highest BCUT2D eigenvalue weighted by molar-refractivity contribution is 5.86. The van der Waals surface area contributed by atoms with Gasteiger partial charge in [0.05, 0.1) is 6.61 Å². The van der Waals surface area contributed by atoms with Gasteiger partial charge in [0.15, 0.2) is 0 Å². The van der Waals surface area contributed by atoms with Gasteiger partial charge >= 0.3 is 0 Å². The highest BCUT2D eigenvalue weighted by Gasteiger charge is 2.39. The standard InChI is InChI=1S/C11H23N3O2/c1-13(2)6-4-7-14(3)10(15)11(12)5-8-16-9-11/h4-9,12H2,1-3H3. The summed E-state index contributed by atoms with van der Waals surface area (Å²) in [6, 6.07) is 0. The molecule has 0 saturated carbocycles. The lowest BCUT2D eigenvalue weighted by Crippen LogP contribution is -2.55. The summed E-state index contributed by atoms with van der Waals surface area (Å²) in [5.74, 6) is 0.00348. The molecule has 0 aliphatic carbocycles. The molecule has 0 radical (unpaired) electrons. The van der Waals surface area contributed by atoms with Gasteiger partial charge in [-0.1, -0.05) is 0 Å². The molecule has 1 aliphatic rings. The first kappa shape index (κ1) is 13.4. The molecular formula is C11H23N3O2. The number of rotatable bonds is 5. The Balaban J connectivity index is 2.35. The lowest BCUT2D eigenvalue weighted by atomic mass is 9.98. The quantitative estimate of drug-likeness (QED) is 0.691. The average molecular weight is 229 g/mol.